The molecule has 0 unspecified atom stereocenters. The lowest BCUT2D eigenvalue weighted by Crippen LogP contribution is -2.47. The Hall–Kier alpha value is -1.40. The van der Waals surface area contributed by atoms with Crippen LogP contribution in [0.25, 0.3) is 0 Å². The third kappa shape index (κ3) is 2.58. The molecule has 0 radical (unpaired) electrons. The number of aromatic nitrogens is 1. The van der Waals surface area contributed by atoms with Crippen LogP contribution in [0, 0.1) is 6.92 Å². The lowest BCUT2D eigenvalue weighted by atomic mass is 10.00. The molecule has 1 aromatic rings. The number of hydrogen-bond donors (Lipinski definition) is 0. The molecule has 3 rings (SSSR count). The van der Waals surface area contributed by atoms with E-state index in [2.05, 4.69) is 5.16 Å². The molecular weight excluding hydrogens is 272 g/mol. The minimum Gasteiger partial charge on any atom is -0.360 e. The number of hydrogen-bond acceptors (Lipinski definition) is 5. The molecule has 2 saturated heterocycles. The van der Waals surface area contributed by atoms with Gasteiger partial charge in [0.15, 0.2) is 11.5 Å². The Kier molecular flexibility index (Phi) is 3.75. The van der Waals surface area contributed by atoms with Crippen LogP contribution in [0.15, 0.2) is 4.52 Å². The van der Waals surface area contributed by atoms with Crippen LogP contribution in [-0.4, -0.2) is 48.1 Å². The molecule has 0 atom stereocenters. The fraction of sp³-hybridized carbons (Fsp3) is 0.733. The van der Waals surface area contributed by atoms with Gasteiger partial charge in [-0.05, 0) is 6.92 Å². The molecule has 1 aromatic heterocycles. The summed E-state index contributed by atoms with van der Waals surface area (Å²) < 4.78 is 16.7. The fourth-order valence-electron chi connectivity index (χ4n) is 3.04. The number of ether oxygens (including phenoxy) is 2. The number of rotatable bonds is 2. The van der Waals surface area contributed by atoms with Crippen LogP contribution in [0.2, 0.25) is 0 Å². The van der Waals surface area contributed by atoms with E-state index < -0.39 is 5.79 Å². The van der Waals surface area contributed by atoms with Gasteiger partial charge < -0.3 is 18.9 Å². The number of nitrogens with zero attached hydrogens (tertiary/aromatic N) is 2. The zero-order valence-corrected chi connectivity index (χ0v) is 12.8. The van der Waals surface area contributed by atoms with Crippen LogP contribution >= 0.6 is 0 Å². The lowest BCUT2D eigenvalue weighted by Gasteiger charge is -2.37. The van der Waals surface area contributed by atoms with Crippen LogP contribution in [0.3, 0.4) is 0 Å². The molecule has 2 aliphatic heterocycles. The molecule has 0 bridgehead atoms. The average molecular weight is 294 g/mol. The minimum atomic E-state index is -0.457. The second-order valence-electron chi connectivity index (χ2n) is 6.06. The summed E-state index contributed by atoms with van der Waals surface area (Å²) in [6, 6.07) is 0. The Morgan fingerprint density at radius 3 is 2.43 bits per heavy atom. The van der Waals surface area contributed by atoms with Crippen molar-refractivity contribution in [2.24, 2.45) is 0 Å². The molecule has 116 valence electrons. The Morgan fingerprint density at radius 1 is 1.24 bits per heavy atom. The molecule has 3 heterocycles. The summed E-state index contributed by atoms with van der Waals surface area (Å²) in [6.45, 7) is 8.40. The molecule has 6 nitrogen and oxygen atoms in total. The van der Waals surface area contributed by atoms with E-state index in [1.165, 1.54) is 0 Å². The molecule has 0 aliphatic carbocycles. The largest absolute Gasteiger partial charge is 0.360 e. The van der Waals surface area contributed by atoms with Crippen molar-refractivity contribution in [3.8, 4) is 0 Å². The van der Waals surface area contributed by atoms with Crippen molar-refractivity contribution in [2.75, 3.05) is 26.3 Å². The van der Waals surface area contributed by atoms with E-state index in [0.717, 1.165) is 12.8 Å². The Balaban J connectivity index is 1.73. The Bertz CT molecular complexity index is 522. The van der Waals surface area contributed by atoms with Crippen molar-refractivity contribution in [1.82, 2.24) is 10.1 Å². The molecule has 2 aliphatic rings. The fourth-order valence-corrected chi connectivity index (χ4v) is 3.04. The molecule has 0 saturated carbocycles. The number of aryl methyl sites for hydroxylation is 1. The van der Waals surface area contributed by atoms with Gasteiger partial charge in [0.25, 0.3) is 5.91 Å². The SMILES string of the molecule is Cc1noc(C(C)C)c1C(=O)N1CCC2(CC1)OCCO2. The van der Waals surface area contributed by atoms with Gasteiger partial charge in [0.1, 0.15) is 5.56 Å². The number of carbonyl (C=O) groups is 1. The van der Waals surface area contributed by atoms with Crippen LogP contribution in [0.5, 0.6) is 0 Å². The zero-order chi connectivity index (χ0) is 15.0. The first-order valence-corrected chi connectivity index (χ1v) is 7.56. The maximum absolute atomic E-state index is 12.8. The van der Waals surface area contributed by atoms with Crippen molar-refractivity contribution in [1.29, 1.82) is 0 Å². The molecule has 0 N–H and O–H groups in total. The highest BCUT2D eigenvalue weighted by molar-refractivity contribution is 5.96. The van der Waals surface area contributed by atoms with Gasteiger partial charge in [0.05, 0.1) is 18.9 Å². The van der Waals surface area contributed by atoms with Gasteiger partial charge in [-0.3, -0.25) is 4.79 Å². The van der Waals surface area contributed by atoms with E-state index in [4.69, 9.17) is 14.0 Å². The van der Waals surface area contributed by atoms with Gasteiger partial charge in [-0.2, -0.15) is 0 Å². The first-order valence-electron chi connectivity index (χ1n) is 7.56. The molecular formula is C15H22N2O4. The first kappa shape index (κ1) is 14.5. The van der Waals surface area contributed by atoms with E-state index in [1.54, 1.807) is 0 Å². The maximum Gasteiger partial charge on any atom is 0.259 e. The third-order valence-electron chi connectivity index (χ3n) is 4.25. The number of amides is 1. The van der Waals surface area contributed by atoms with E-state index in [0.29, 0.717) is 43.3 Å². The number of carbonyl (C=O) groups excluding carboxylic acids is 1. The summed E-state index contributed by atoms with van der Waals surface area (Å²) in [6.07, 6.45) is 1.44. The lowest BCUT2D eigenvalue weighted by molar-refractivity contribution is -0.181. The van der Waals surface area contributed by atoms with Gasteiger partial charge in [-0.25, -0.2) is 0 Å². The molecule has 1 amide bonds. The maximum atomic E-state index is 12.8. The second-order valence-corrected chi connectivity index (χ2v) is 6.06. The molecule has 6 heteroatoms. The van der Waals surface area contributed by atoms with Gasteiger partial charge in [0, 0.05) is 31.8 Å². The van der Waals surface area contributed by atoms with Crippen molar-refractivity contribution < 1.29 is 18.8 Å². The van der Waals surface area contributed by atoms with E-state index in [1.807, 2.05) is 25.7 Å². The van der Waals surface area contributed by atoms with Crippen LogP contribution < -0.4 is 0 Å². The first-order chi connectivity index (χ1) is 10.0. The molecule has 1 spiro atoms. The number of likely N-dealkylation sites (tertiary alicyclic amines) is 1. The zero-order valence-electron chi connectivity index (χ0n) is 12.8. The Labute approximate surface area is 124 Å². The predicted octanol–water partition coefficient (Wildman–Crippen LogP) is 2.09. The second kappa shape index (κ2) is 5.42. The van der Waals surface area contributed by atoms with Gasteiger partial charge in [-0.15, -0.1) is 0 Å². The Morgan fingerprint density at radius 2 is 1.86 bits per heavy atom. The summed E-state index contributed by atoms with van der Waals surface area (Å²) in [4.78, 5) is 14.6. The third-order valence-corrected chi connectivity index (χ3v) is 4.25. The standard InChI is InChI=1S/C15H22N2O4/c1-10(2)13-12(11(3)16-21-13)14(18)17-6-4-15(5-7-17)19-8-9-20-15/h10H,4-9H2,1-3H3. The summed E-state index contributed by atoms with van der Waals surface area (Å²) in [5.41, 5.74) is 1.28. The van der Waals surface area contributed by atoms with Crippen molar-refractivity contribution in [3.63, 3.8) is 0 Å². The highest BCUT2D eigenvalue weighted by Crippen LogP contribution is 2.32. The quantitative estimate of drug-likeness (QED) is 0.835. The van der Waals surface area contributed by atoms with Crippen LogP contribution in [0.4, 0.5) is 0 Å². The topological polar surface area (TPSA) is 64.8 Å². The average Bonchev–Trinajstić information content (AvgIpc) is 3.06. The van der Waals surface area contributed by atoms with Gasteiger partial charge in [0.2, 0.25) is 0 Å². The molecule has 2 fully saturated rings. The van der Waals surface area contributed by atoms with Gasteiger partial charge in [-0.1, -0.05) is 19.0 Å². The monoisotopic (exact) mass is 294 g/mol. The predicted molar refractivity (Wildman–Crippen MR) is 75.1 cm³/mol. The highest BCUT2D eigenvalue weighted by Gasteiger charge is 2.41. The van der Waals surface area contributed by atoms with Crippen molar-refractivity contribution in [3.05, 3.63) is 17.0 Å². The van der Waals surface area contributed by atoms with E-state index in [9.17, 15) is 4.79 Å². The minimum absolute atomic E-state index is 0.00490. The van der Waals surface area contributed by atoms with E-state index >= 15 is 0 Å². The van der Waals surface area contributed by atoms with Gasteiger partial charge >= 0.3 is 0 Å². The summed E-state index contributed by atoms with van der Waals surface area (Å²) >= 11 is 0. The van der Waals surface area contributed by atoms with Crippen molar-refractivity contribution >= 4 is 5.91 Å². The van der Waals surface area contributed by atoms with Crippen LogP contribution in [0.1, 0.15) is 54.4 Å². The molecule has 21 heavy (non-hydrogen) atoms. The summed E-state index contributed by atoms with van der Waals surface area (Å²) in [5.74, 6) is 0.362. The smallest absolute Gasteiger partial charge is 0.259 e. The summed E-state index contributed by atoms with van der Waals surface area (Å²) in [5, 5.41) is 3.95. The van der Waals surface area contributed by atoms with E-state index in [-0.39, 0.29) is 11.8 Å². The van der Waals surface area contributed by atoms with Crippen LogP contribution in [-0.2, 0) is 9.47 Å². The summed E-state index contributed by atoms with van der Waals surface area (Å²) in [7, 11) is 0. The number of piperidine rings is 1. The highest BCUT2D eigenvalue weighted by atomic mass is 16.7. The van der Waals surface area contributed by atoms with Crippen molar-refractivity contribution in [2.45, 2.75) is 45.3 Å². The molecule has 0 aromatic carbocycles. The normalized spacial score (nSPS) is 21.4.